The number of ether oxygens (including phenoxy) is 2. The zero-order valence-electron chi connectivity index (χ0n) is 15.6. The minimum Gasteiger partial charge on any atom is -0.496 e. The summed E-state index contributed by atoms with van der Waals surface area (Å²) < 4.78 is 11.7. The van der Waals surface area contributed by atoms with Crippen molar-refractivity contribution >= 4 is 39.7 Å². The Kier molecular flexibility index (Phi) is 7.27. The average molecular weight is 474 g/mol. The second kappa shape index (κ2) is 10.1. The number of carbonyl (C=O) groups excluding carboxylic acids is 1. The van der Waals surface area contributed by atoms with E-state index in [-0.39, 0.29) is 5.91 Å². The van der Waals surface area contributed by atoms with Crippen LogP contribution in [0.15, 0.2) is 76.3 Å². The van der Waals surface area contributed by atoms with Crippen molar-refractivity contribution in [2.75, 3.05) is 7.11 Å². The molecule has 1 amide bonds. The number of rotatable bonds is 7. The van der Waals surface area contributed by atoms with Gasteiger partial charge in [0.05, 0.1) is 18.9 Å². The van der Waals surface area contributed by atoms with Crippen LogP contribution in [0.2, 0.25) is 5.02 Å². The highest BCUT2D eigenvalue weighted by Gasteiger charge is 2.11. The van der Waals surface area contributed by atoms with Crippen LogP contribution in [-0.4, -0.2) is 19.2 Å². The van der Waals surface area contributed by atoms with E-state index < -0.39 is 0 Å². The molecule has 3 rings (SSSR count). The van der Waals surface area contributed by atoms with Gasteiger partial charge >= 0.3 is 0 Å². The lowest BCUT2D eigenvalue weighted by Gasteiger charge is -2.07. The van der Waals surface area contributed by atoms with Crippen molar-refractivity contribution in [2.24, 2.45) is 5.10 Å². The number of hydrogen-bond acceptors (Lipinski definition) is 4. The Morgan fingerprint density at radius 3 is 2.52 bits per heavy atom. The molecule has 0 saturated carbocycles. The zero-order chi connectivity index (χ0) is 20.6. The Morgan fingerprint density at radius 2 is 1.83 bits per heavy atom. The molecule has 29 heavy (non-hydrogen) atoms. The normalized spacial score (nSPS) is 10.7. The number of nitrogens with zero attached hydrogens (tertiary/aromatic N) is 1. The number of halogens is 2. The molecular weight excluding hydrogens is 456 g/mol. The summed E-state index contributed by atoms with van der Waals surface area (Å²) in [5, 5.41) is 4.70. The summed E-state index contributed by atoms with van der Waals surface area (Å²) in [6, 6.07) is 20.1. The first-order valence-electron chi connectivity index (χ1n) is 8.69. The molecule has 3 aromatic carbocycles. The molecule has 7 heteroatoms. The Morgan fingerprint density at radius 1 is 1.10 bits per heavy atom. The van der Waals surface area contributed by atoms with Crippen molar-refractivity contribution in [1.82, 2.24) is 5.43 Å². The number of benzene rings is 3. The minimum absolute atomic E-state index is 0.359. The van der Waals surface area contributed by atoms with Gasteiger partial charge in [-0.1, -0.05) is 39.7 Å². The molecule has 0 aromatic heterocycles. The quantitative estimate of drug-likeness (QED) is 0.366. The predicted molar refractivity (Wildman–Crippen MR) is 118 cm³/mol. The summed E-state index contributed by atoms with van der Waals surface area (Å²) in [7, 11) is 1.51. The predicted octanol–water partition coefficient (Wildman–Crippen LogP) is 5.45. The van der Waals surface area contributed by atoms with Gasteiger partial charge in [-0.2, -0.15) is 5.10 Å². The first-order chi connectivity index (χ1) is 14.0. The molecular formula is C22H18BrClN2O3. The lowest BCUT2D eigenvalue weighted by Crippen LogP contribution is -2.18. The topological polar surface area (TPSA) is 59.9 Å². The van der Waals surface area contributed by atoms with Gasteiger partial charge in [0.1, 0.15) is 18.1 Å². The van der Waals surface area contributed by atoms with Crippen LogP contribution < -0.4 is 14.9 Å². The molecule has 0 aliphatic rings. The van der Waals surface area contributed by atoms with Crippen LogP contribution in [0.25, 0.3) is 0 Å². The molecule has 148 valence electrons. The number of carbonyl (C=O) groups is 1. The van der Waals surface area contributed by atoms with Gasteiger partial charge < -0.3 is 9.47 Å². The third-order valence-electron chi connectivity index (χ3n) is 3.98. The number of methoxy groups -OCH3 is 1. The third-order valence-corrected chi connectivity index (χ3v) is 4.73. The Bertz CT molecular complexity index is 1010. The van der Waals surface area contributed by atoms with Crippen LogP contribution in [0, 0.1) is 0 Å². The summed E-state index contributed by atoms with van der Waals surface area (Å²) in [6.07, 6.45) is 1.56. The van der Waals surface area contributed by atoms with Crippen molar-refractivity contribution in [3.05, 3.63) is 92.9 Å². The fourth-order valence-corrected chi connectivity index (χ4v) is 2.97. The summed E-state index contributed by atoms with van der Waals surface area (Å²) in [5.41, 5.74) is 4.75. The molecule has 3 aromatic rings. The largest absolute Gasteiger partial charge is 0.496 e. The maximum Gasteiger partial charge on any atom is 0.275 e. The monoisotopic (exact) mass is 472 g/mol. The molecule has 1 N–H and O–H groups in total. The standard InChI is InChI=1S/C22H18BrClN2O3/c1-28-21-11-6-17(23)12-20(21)22(27)26-25-13-15-4-9-19(10-5-15)29-14-16-2-7-18(24)8-3-16/h2-13H,14H2,1H3,(H,26,27)/b25-13-. The molecule has 0 aliphatic heterocycles. The van der Waals surface area contributed by atoms with E-state index in [0.717, 1.165) is 21.3 Å². The van der Waals surface area contributed by atoms with Gasteiger partial charge in [0.2, 0.25) is 0 Å². The van der Waals surface area contributed by atoms with E-state index in [2.05, 4.69) is 26.5 Å². The van der Waals surface area contributed by atoms with Gasteiger partial charge in [-0.25, -0.2) is 5.43 Å². The van der Waals surface area contributed by atoms with Gasteiger partial charge in [0.15, 0.2) is 0 Å². The van der Waals surface area contributed by atoms with E-state index in [1.165, 1.54) is 7.11 Å². The minimum atomic E-state index is -0.359. The van der Waals surface area contributed by atoms with Gasteiger partial charge in [-0.15, -0.1) is 0 Å². The maximum atomic E-state index is 12.3. The Hall–Kier alpha value is -2.83. The number of hydrogen-bond donors (Lipinski definition) is 1. The molecule has 0 aliphatic carbocycles. The van der Waals surface area contributed by atoms with Crippen LogP contribution in [-0.2, 0) is 6.61 Å². The van der Waals surface area contributed by atoms with Gasteiger partial charge in [0, 0.05) is 9.50 Å². The van der Waals surface area contributed by atoms with E-state index in [9.17, 15) is 4.79 Å². The third kappa shape index (κ3) is 6.07. The van der Waals surface area contributed by atoms with Crippen LogP contribution in [0.1, 0.15) is 21.5 Å². The van der Waals surface area contributed by atoms with Crippen LogP contribution >= 0.6 is 27.5 Å². The van der Waals surface area contributed by atoms with Crippen molar-refractivity contribution in [2.45, 2.75) is 6.61 Å². The first kappa shape index (κ1) is 20.9. The van der Waals surface area contributed by atoms with Crippen molar-refractivity contribution in [3.8, 4) is 11.5 Å². The smallest absolute Gasteiger partial charge is 0.275 e. The van der Waals surface area contributed by atoms with Crippen molar-refractivity contribution in [1.29, 1.82) is 0 Å². The number of hydrazone groups is 1. The molecule has 0 bridgehead atoms. The van der Waals surface area contributed by atoms with Crippen LogP contribution in [0.3, 0.4) is 0 Å². The molecule has 0 fully saturated rings. The van der Waals surface area contributed by atoms with Crippen molar-refractivity contribution < 1.29 is 14.3 Å². The summed E-state index contributed by atoms with van der Waals surface area (Å²) in [4.78, 5) is 12.3. The van der Waals surface area contributed by atoms with E-state index >= 15 is 0 Å². The fourth-order valence-electron chi connectivity index (χ4n) is 2.48. The van der Waals surface area contributed by atoms with Gasteiger partial charge in [-0.3, -0.25) is 4.79 Å². The SMILES string of the molecule is COc1ccc(Br)cc1C(=O)N/N=C\c1ccc(OCc2ccc(Cl)cc2)cc1. The van der Waals surface area contributed by atoms with E-state index in [1.807, 2.05) is 48.5 Å². The summed E-state index contributed by atoms with van der Waals surface area (Å²) >= 11 is 9.22. The zero-order valence-corrected chi connectivity index (χ0v) is 17.9. The maximum absolute atomic E-state index is 12.3. The lowest BCUT2D eigenvalue weighted by atomic mass is 10.2. The van der Waals surface area contributed by atoms with Crippen LogP contribution in [0.5, 0.6) is 11.5 Å². The highest BCUT2D eigenvalue weighted by molar-refractivity contribution is 9.10. The molecule has 0 radical (unpaired) electrons. The number of nitrogens with one attached hydrogen (secondary N) is 1. The lowest BCUT2D eigenvalue weighted by molar-refractivity contribution is 0.0952. The van der Waals surface area contributed by atoms with E-state index in [1.54, 1.807) is 24.4 Å². The Labute approximate surface area is 182 Å². The molecule has 5 nitrogen and oxygen atoms in total. The second-order valence-electron chi connectivity index (χ2n) is 6.03. The first-order valence-corrected chi connectivity index (χ1v) is 9.86. The summed E-state index contributed by atoms with van der Waals surface area (Å²) in [6.45, 7) is 0.454. The highest BCUT2D eigenvalue weighted by Crippen LogP contribution is 2.22. The van der Waals surface area contributed by atoms with Gasteiger partial charge in [-0.05, 0) is 65.7 Å². The molecule has 0 heterocycles. The molecule has 0 unspecified atom stereocenters. The highest BCUT2D eigenvalue weighted by atomic mass is 79.9. The summed E-state index contributed by atoms with van der Waals surface area (Å²) in [5.74, 6) is 0.852. The fraction of sp³-hybridized carbons (Fsp3) is 0.0909. The van der Waals surface area contributed by atoms with E-state index in [0.29, 0.717) is 22.9 Å². The average Bonchev–Trinajstić information content (AvgIpc) is 2.74. The van der Waals surface area contributed by atoms with Gasteiger partial charge in [0.25, 0.3) is 5.91 Å². The Balaban J connectivity index is 1.55. The molecule has 0 spiro atoms. The van der Waals surface area contributed by atoms with Crippen molar-refractivity contribution in [3.63, 3.8) is 0 Å². The van der Waals surface area contributed by atoms with E-state index in [4.69, 9.17) is 21.1 Å². The number of amides is 1. The molecule has 0 saturated heterocycles. The van der Waals surface area contributed by atoms with Crippen LogP contribution in [0.4, 0.5) is 0 Å². The molecule has 0 atom stereocenters. The second-order valence-corrected chi connectivity index (χ2v) is 7.38.